The van der Waals surface area contributed by atoms with Crippen LogP contribution >= 0.6 is 0 Å². The van der Waals surface area contributed by atoms with Crippen LogP contribution in [0.2, 0.25) is 0 Å². The van der Waals surface area contributed by atoms with Gasteiger partial charge in [-0.1, -0.05) is 116 Å². The van der Waals surface area contributed by atoms with E-state index in [1.165, 1.54) is 83.1 Å². The van der Waals surface area contributed by atoms with Crippen LogP contribution in [0, 0.1) is 5.82 Å². The molecule has 0 aliphatic heterocycles. The Hall–Kier alpha value is -3.08. The quantitative estimate of drug-likeness (QED) is 0.0783. The Bertz CT molecular complexity index is 1150. The zero-order valence-electron chi connectivity index (χ0n) is 25.3. The Morgan fingerprint density at radius 3 is 1.71 bits per heavy atom. The zero-order chi connectivity index (χ0) is 29.1. The van der Waals surface area contributed by atoms with E-state index in [2.05, 4.69) is 23.8 Å². The van der Waals surface area contributed by atoms with Gasteiger partial charge in [-0.25, -0.2) is 19.2 Å². The summed E-state index contributed by atoms with van der Waals surface area (Å²) in [6.45, 7) is 4.47. The number of unbranched alkanes of at least 4 members (excludes halogenated alkanes) is 13. The first-order chi connectivity index (χ1) is 20.1. The van der Waals surface area contributed by atoms with Gasteiger partial charge in [0.2, 0.25) is 0 Å². The lowest BCUT2D eigenvalue weighted by atomic mass is 10.0. The highest BCUT2D eigenvalue weighted by atomic mass is 19.1. The summed E-state index contributed by atoms with van der Waals surface area (Å²) in [7, 11) is 0. The summed E-state index contributed by atoms with van der Waals surface area (Å²) >= 11 is 0. The maximum atomic E-state index is 14.6. The molecule has 0 aliphatic carbocycles. The molecule has 0 spiro atoms. The van der Waals surface area contributed by atoms with Gasteiger partial charge in [-0.3, -0.25) is 0 Å². The summed E-state index contributed by atoms with van der Waals surface area (Å²) in [6, 6.07) is 11.8. The molecule has 1 heterocycles. The number of aromatic nitrogens is 2. The highest BCUT2D eigenvalue weighted by Gasteiger charge is 2.13. The van der Waals surface area contributed by atoms with Gasteiger partial charge in [0, 0.05) is 18.0 Å². The SMILES string of the molecule is CCCCCCCCCCc1cnc(-c2ccc(C(=O)Oc3ccc(CCCCCCCCC)cc3F)cc2)nc1. The molecule has 2 aromatic carbocycles. The third-order valence-electron chi connectivity index (χ3n) is 7.67. The molecule has 0 amide bonds. The summed E-state index contributed by atoms with van der Waals surface area (Å²) in [6.07, 6.45) is 24.6. The van der Waals surface area contributed by atoms with E-state index in [0.717, 1.165) is 48.8 Å². The molecule has 4 nitrogen and oxygen atoms in total. The molecule has 0 atom stereocenters. The molecule has 41 heavy (non-hydrogen) atoms. The van der Waals surface area contributed by atoms with Crippen LogP contribution in [-0.4, -0.2) is 15.9 Å². The summed E-state index contributed by atoms with van der Waals surface area (Å²) < 4.78 is 20.0. The maximum absolute atomic E-state index is 14.6. The molecule has 0 radical (unpaired) electrons. The van der Waals surface area contributed by atoms with Crippen molar-refractivity contribution in [1.29, 1.82) is 0 Å². The molecule has 0 saturated heterocycles. The normalized spacial score (nSPS) is 11.1. The van der Waals surface area contributed by atoms with Crippen LogP contribution in [0.1, 0.15) is 132 Å². The van der Waals surface area contributed by atoms with E-state index in [1.54, 1.807) is 30.3 Å². The number of halogens is 1. The number of esters is 1. The number of nitrogens with zero attached hydrogens (tertiary/aromatic N) is 2. The number of hydrogen-bond acceptors (Lipinski definition) is 4. The Balaban J connectivity index is 1.41. The first-order valence-electron chi connectivity index (χ1n) is 16.0. The molecule has 5 heteroatoms. The van der Waals surface area contributed by atoms with Gasteiger partial charge in [0.15, 0.2) is 17.4 Å². The first-order valence-corrected chi connectivity index (χ1v) is 16.0. The minimum absolute atomic E-state index is 0.0437. The van der Waals surface area contributed by atoms with Crippen molar-refractivity contribution in [2.24, 2.45) is 0 Å². The third kappa shape index (κ3) is 12.1. The Morgan fingerprint density at radius 2 is 1.17 bits per heavy atom. The van der Waals surface area contributed by atoms with Crippen molar-refractivity contribution in [1.82, 2.24) is 9.97 Å². The lowest BCUT2D eigenvalue weighted by molar-refractivity contribution is 0.0728. The van der Waals surface area contributed by atoms with E-state index in [4.69, 9.17) is 4.74 Å². The van der Waals surface area contributed by atoms with Crippen LogP contribution in [0.5, 0.6) is 5.75 Å². The number of ether oxygens (including phenoxy) is 1. The van der Waals surface area contributed by atoms with Gasteiger partial charge in [0.1, 0.15) is 0 Å². The van der Waals surface area contributed by atoms with Crippen LogP contribution < -0.4 is 4.74 Å². The lowest BCUT2D eigenvalue weighted by Gasteiger charge is -2.08. The average molecular weight is 561 g/mol. The molecule has 0 saturated carbocycles. The van der Waals surface area contributed by atoms with Gasteiger partial charge in [-0.15, -0.1) is 0 Å². The highest BCUT2D eigenvalue weighted by molar-refractivity contribution is 5.91. The maximum Gasteiger partial charge on any atom is 0.343 e. The zero-order valence-corrected chi connectivity index (χ0v) is 25.3. The van der Waals surface area contributed by atoms with Gasteiger partial charge >= 0.3 is 5.97 Å². The lowest BCUT2D eigenvalue weighted by Crippen LogP contribution is -2.09. The monoisotopic (exact) mass is 560 g/mol. The van der Waals surface area contributed by atoms with Crippen molar-refractivity contribution in [3.63, 3.8) is 0 Å². The van der Waals surface area contributed by atoms with Crippen molar-refractivity contribution in [2.75, 3.05) is 0 Å². The van der Waals surface area contributed by atoms with Crippen molar-refractivity contribution in [3.05, 3.63) is 77.4 Å². The van der Waals surface area contributed by atoms with E-state index in [-0.39, 0.29) is 5.75 Å². The average Bonchev–Trinajstić information content (AvgIpc) is 2.99. The summed E-state index contributed by atoms with van der Waals surface area (Å²) in [4.78, 5) is 21.7. The fourth-order valence-electron chi connectivity index (χ4n) is 5.08. The Morgan fingerprint density at radius 1 is 0.659 bits per heavy atom. The molecule has 0 fully saturated rings. The van der Waals surface area contributed by atoms with E-state index >= 15 is 0 Å². The third-order valence-corrected chi connectivity index (χ3v) is 7.67. The number of rotatable bonds is 20. The number of hydrogen-bond donors (Lipinski definition) is 0. The number of carbonyl (C=O) groups is 1. The number of aryl methyl sites for hydroxylation is 2. The standard InChI is InChI=1S/C36H49FN2O2/c1-3-5-7-9-11-13-15-17-19-30-27-38-35(39-28-30)31-21-23-32(24-22-31)36(40)41-34-25-20-29(26-33(34)37)18-16-14-12-10-8-6-4-2/h20-28H,3-19H2,1-2H3. The van der Waals surface area contributed by atoms with Gasteiger partial charge in [-0.05, 0) is 61.1 Å². The molecular formula is C36H49FN2O2. The van der Waals surface area contributed by atoms with Crippen LogP contribution in [0.4, 0.5) is 4.39 Å². The van der Waals surface area contributed by atoms with E-state index in [0.29, 0.717) is 11.4 Å². The predicted octanol–water partition coefficient (Wildman–Crippen LogP) is 10.5. The molecule has 0 bridgehead atoms. The molecule has 3 rings (SSSR count). The molecule has 0 N–H and O–H groups in total. The van der Waals surface area contributed by atoms with E-state index in [1.807, 2.05) is 18.5 Å². The summed E-state index contributed by atoms with van der Waals surface area (Å²) in [5.74, 6) is -0.516. The largest absolute Gasteiger partial charge is 0.420 e. The topological polar surface area (TPSA) is 52.1 Å². The second kappa shape index (κ2) is 19.1. The molecule has 1 aromatic heterocycles. The molecular weight excluding hydrogens is 511 g/mol. The van der Waals surface area contributed by atoms with Crippen molar-refractivity contribution in [2.45, 2.75) is 123 Å². The fourth-order valence-corrected chi connectivity index (χ4v) is 5.08. The first kappa shape index (κ1) is 32.4. The van der Waals surface area contributed by atoms with Gasteiger partial charge in [0.25, 0.3) is 0 Å². The smallest absolute Gasteiger partial charge is 0.343 e. The van der Waals surface area contributed by atoms with E-state index in [9.17, 15) is 9.18 Å². The molecule has 222 valence electrons. The van der Waals surface area contributed by atoms with Crippen LogP contribution in [-0.2, 0) is 12.8 Å². The second-order valence-electron chi connectivity index (χ2n) is 11.2. The molecule has 3 aromatic rings. The summed E-state index contributed by atoms with van der Waals surface area (Å²) in [5.41, 5.74) is 3.26. The van der Waals surface area contributed by atoms with Crippen molar-refractivity contribution in [3.8, 4) is 17.1 Å². The second-order valence-corrected chi connectivity index (χ2v) is 11.2. The number of benzene rings is 2. The Labute approximate surface area is 247 Å². The summed E-state index contributed by atoms with van der Waals surface area (Å²) in [5, 5.41) is 0. The van der Waals surface area contributed by atoms with Crippen molar-refractivity contribution < 1.29 is 13.9 Å². The minimum Gasteiger partial charge on any atom is -0.420 e. The predicted molar refractivity (Wildman–Crippen MR) is 167 cm³/mol. The van der Waals surface area contributed by atoms with Gasteiger partial charge in [0.05, 0.1) is 5.56 Å². The molecule has 0 aliphatic rings. The Kier molecular flexibility index (Phi) is 15.1. The van der Waals surface area contributed by atoms with Crippen LogP contribution in [0.15, 0.2) is 54.9 Å². The van der Waals surface area contributed by atoms with E-state index < -0.39 is 11.8 Å². The van der Waals surface area contributed by atoms with Crippen LogP contribution in [0.25, 0.3) is 11.4 Å². The molecule has 0 unspecified atom stereocenters. The van der Waals surface area contributed by atoms with Gasteiger partial charge < -0.3 is 4.74 Å². The van der Waals surface area contributed by atoms with Gasteiger partial charge in [-0.2, -0.15) is 0 Å². The number of carbonyl (C=O) groups excluding carboxylic acids is 1. The highest BCUT2D eigenvalue weighted by Crippen LogP contribution is 2.22. The minimum atomic E-state index is -0.586. The fraction of sp³-hybridized carbons (Fsp3) is 0.528. The van der Waals surface area contributed by atoms with Crippen molar-refractivity contribution >= 4 is 5.97 Å². The van der Waals surface area contributed by atoms with Crippen LogP contribution in [0.3, 0.4) is 0 Å².